The fourth-order valence-corrected chi connectivity index (χ4v) is 6.27. The molecule has 0 atom stereocenters. The van der Waals surface area contributed by atoms with Crippen molar-refractivity contribution in [2.75, 3.05) is 17.8 Å². The first-order valence-corrected chi connectivity index (χ1v) is 12.9. The van der Waals surface area contributed by atoms with E-state index in [1.54, 1.807) is 42.8 Å². The van der Waals surface area contributed by atoms with E-state index in [2.05, 4.69) is 14.7 Å². The predicted octanol–water partition coefficient (Wildman–Crippen LogP) is 3.98. The van der Waals surface area contributed by atoms with Crippen molar-refractivity contribution < 1.29 is 13.2 Å². The van der Waals surface area contributed by atoms with Gasteiger partial charge in [0.05, 0.1) is 11.4 Å². The lowest BCUT2D eigenvalue weighted by Gasteiger charge is -2.19. The lowest BCUT2D eigenvalue weighted by molar-refractivity contribution is 0.0765. The van der Waals surface area contributed by atoms with Crippen LogP contribution in [0.25, 0.3) is 10.7 Å². The standard InChI is InChI=1S/C22H27N5O3S2/c1-15-20(22(28)27-12-8-4-5-9-13-27)31-21(24-15)17-14-18(16(2)26(17)3)32(29,30)25-19-10-6-7-11-23-19/h6-7,10-11,14H,4-5,8-9,12-13H2,1-3H3,(H,23,25). The number of hydrogen-bond acceptors (Lipinski definition) is 6. The van der Waals surface area contributed by atoms with E-state index in [1.165, 1.54) is 17.5 Å². The highest BCUT2D eigenvalue weighted by molar-refractivity contribution is 7.92. The molecule has 8 nitrogen and oxygen atoms in total. The molecule has 0 saturated carbocycles. The molecular weight excluding hydrogens is 446 g/mol. The van der Waals surface area contributed by atoms with Crippen LogP contribution in [-0.2, 0) is 17.1 Å². The van der Waals surface area contributed by atoms with Crippen molar-refractivity contribution in [2.45, 2.75) is 44.4 Å². The average molecular weight is 474 g/mol. The van der Waals surface area contributed by atoms with Crippen LogP contribution >= 0.6 is 11.3 Å². The van der Waals surface area contributed by atoms with Gasteiger partial charge in [-0.25, -0.2) is 18.4 Å². The van der Waals surface area contributed by atoms with Crippen LogP contribution in [0.4, 0.5) is 5.82 Å². The molecule has 0 bridgehead atoms. The summed E-state index contributed by atoms with van der Waals surface area (Å²) in [6.07, 6.45) is 5.89. The van der Waals surface area contributed by atoms with Crippen molar-refractivity contribution in [2.24, 2.45) is 7.05 Å². The lowest BCUT2D eigenvalue weighted by atomic mass is 10.2. The zero-order valence-corrected chi connectivity index (χ0v) is 20.1. The number of amides is 1. The molecule has 4 heterocycles. The van der Waals surface area contributed by atoms with Gasteiger partial charge >= 0.3 is 0 Å². The molecule has 0 aliphatic carbocycles. The number of rotatable bonds is 5. The first-order valence-electron chi connectivity index (χ1n) is 10.6. The number of thiazole rings is 1. The largest absolute Gasteiger partial charge is 0.345 e. The summed E-state index contributed by atoms with van der Waals surface area (Å²) < 4.78 is 30.3. The third-order valence-electron chi connectivity index (χ3n) is 5.79. The number of nitrogens with zero attached hydrogens (tertiary/aromatic N) is 4. The van der Waals surface area contributed by atoms with E-state index in [9.17, 15) is 13.2 Å². The lowest BCUT2D eigenvalue weighted by Crippen LogP contribution is -2.31. The molecule has 4 rings (SSSR count). The number of carbonyl (C=O) groups is 1. The summed E-state index contributed by atoms with van der Waals surface area (Å²) in [6.45, 7) is 5.13. The van der Waals surface area contributed by atoms with Crippen LogP contribution in [0, 0.1) is 13.8 Å². The fraction of sp³-hybridized carbons (Fsp3) is 0.409. The summed E-state index contributed by atoms with van der Waals surface area (Å²) in [6, 6.07) is 6.65. The van der Waals surface area contributed by atoms with E-state index in [0.717, 1.165) is 38.8 Å². The van der Waals surface area contributed by atoms with Gasteiger partial charge in [-0.1, -0.05) is 18.9 Å². The van der Waals surface area contributed by atoms with Crippen LogP contribution in [0.1, 0.15) is 46.7 Å². The second-order valence-corrected chi connectivity index (χ2v) is 10.6. The third-order valence-corrected chi connectivity index (χ3v) is 8.42. The van der Waals surface area contributed by atoms with Crippen LogP contribution < -0.4 is 4.72 Å². The highest BCUT2D eigenvalue weighted by atomic mass is 32.2. The number of anilines is 1. The van der Waals surface area contributed by atoms with Gasteiger partial charge in [0.15, 0.2) is 0 Å². The second kappa shape index (κ2) is 9.03. The predicted molar refractivity (Wildman–Crippen MR) is 125 cm³/mol. The smallest absolute Gasteiger partial charge is 0.265 e. The van der Waals surface area contributed by atoms with E-state index in [4.69, 9.17) is 0 Å². The number of sulfonamides is 1. The van der Waals surface area contributed by atoms with Gasteiger partial charge in [-0.3, -0.25) is 9.52 Å². The maximum atomic E-state index is 13.1. The molecule has 3 aromatic heterocycles. The number of pyridine rings is 1. The molecule has 1 amide bonds. The molecule has 1 fully saturated rings. The van der Waals surface area contributed by atoms with Crippen molar-refractivity contribution in [1.29, 1.82) is 0 Å². The van der Waals surface area contributed by atoms with Gasteiger partial charge in [-0.15, -0.1) is 11.3 Å². The number of carbonyl (C=O) groups excluding carboxylic acids is 1. The number of aryl methyl sites for hydroxylation is 1. The number of aromatic nitrogens is 3. The van der Waals surface area contributed by atoms with Crippen LogP contribution in [0.3, 0.4) is 0 Å². The molecule has 32 heavy (non-hydrogen) atoms. The Morgan fingerprint density at radius 2 is 1.84 bits per heavy atom. The van der Waals surface area contributed by atoms with Crippen molar-refractivity contribution in [3.05, 3.63) is 46.7 Å². The molecule has 170 valence electrons. The number of nitrogens with one attached hydrogen (secondary N) is 1. The van der Waals surface area contributed by atoms with Gasteiger partial charge < -0.3 is 9.47 Å². The quantitative estimate of drug-likeness (QED) is 0.605. The van der Waals surface area contributed by atoms with E-state index < -0.39 is 10.0 Å². The average Bonchev–Trinajstić information content (AvgIpc) is 3.15. The monoisotopic (exact) mass is 473 g/mol. The molecule has 1 aliphatic rings. The first-order chi connectivity index (χ1) is 15.3. The number of hydrogen-bond donors (Lipinski definition) is 1. The SMILES string of the molecule is Cc1nc(-c2cc(S(=O)(=O)Nc3ccccn3)c(C)n2C)sc1C(=O)N1CCCCCC1. The zero-order valence-electron chi connectivity index (χ0n) is 18.5. The normalized spacial score (nSPS) is 14.9. The van der Waals surface area contributed by atoms with E-state index in [-0.39, 0.29) is 16.6 Å². The van der Waals surface area contributed by atoms with Gasteiger partial charge in [0.1, 0.15) is 20.6 Å². The maximum Gasteiger partial charge on any atom is 0.265 e. The molecule has 0 radical (unpaired) electrons. The third kappa shape index (κ3) is 4.42. The minimum absolute atomic E-state index is 0.0174. The van der Waals surface area contributed by atoms with Crippen molar-refractivity contribution >= 4 is 33.1 Å². The van der Waals surface area contributed by atoms with Gasteiger partial charge in [-0.2, -0.15) is 0 Å². The summed E-state index contributed by atoms with van der Waals surface area (Å²) in [5.41, 5.74) is 1.91. The highest BCUT2D eigenvalue weighted by Crippen LogP contribution is 2.33. The van der Waals surface area contributed by atoms with Crippen LogP contribution in [-0.4, -0.2) is 46.8 Å². The molecule has 0 spiro atoms. The minimum atomic E-state index is -3.83. The van der Waals surface area contributed by atoms with Gasteiger partial charge in [0.25, 0.3) is 15.9 Å². The summed E-state index contributed by atoms with van der Waals surface area (Å²) in [5.74, 6) is 0.275. The summed E-state index contributed by atoms with van der Waals surface area (Å²) in [7, 11) is -2.02. The Bertz CT molecular complexity index is 1220. The van der Waals surface area contributed by atoms with E-state index in [0.29, 0.717) is 27.0 Å². The summed E-state index contributed by atoms with van der Waals surface area (Å²) in [4.78, 5) is 24.5. The van der Waals surface area contributed by atoms with Crippen LogP contribution in [0.5, 0.6) is 0 Å². The summed E-state index contributed by atoms with van der Waals surface area (Å²) in [5, 5.41) is 0.630. The first kappa shape index (κ1) is 22.5. The molecule has 3 aromatic rings. The van der Waals surface area contributed by atoms with Crippen LogP contribution in [0.15, 0.2) is 35.4 Å². The number of likely N-dealkylation sites (tertiary alicyclic amines) is 1. The van der Waals surface area contributed by atoms with Gasteiger partial charge in [0, 0.05) is 32.0 Å². The molecule has 0 aromatic carbocycles. The second-order valence-electron chi connectivity index (χ2n) is 8.00. The topological polar surface area (TPSA) is 97.2 Å². The van der Waals surface area contributed by atoms with Gasteiger partial charge in [-0.05, 0) is 44.9 Å². The van der Waals surface area contributed by atoms with Crippen molar-refractivity contribution in [1.82, 2.24) is 19.4 Å². The highest BCUT2D eigenvalue weighted by Gasteiger charge is 2.27. The molecule has 10 heteroatoms. The minimum Gasteiger partial charge on any atom is -0.345 e. The van der Waals surface area contributed by atoms with Crippen LogP contribution in [0.2, 0.25) is 0 Å². The Kier molecular flexibility index (Phi) is 6.34. The Labute approximate surface area is 192 Å². The van der Waals surface area contributed by atoms with Gasteiger partial charge in [0.2, 0.25) is 0 Å². The Balaban J connectivity index is 1.65. The maximum absolute atomic E-state index is 13.1. The van der Waals surface area contributed by atoms with Crippen molar-refractivity contribution in [3.63, 3.8) is 0 Å². The molecule has 0 unspecified atom stereocenters. The molecule has 1 N–H and O–H groups in total. The Morgan fingerprint density at radius 1 is 1.12 bits per heavy atom. The Morgan fingerprint density at radius 3 is 2.50 bits per heavy atom. The zero-order chi connectivity index (χ0) is 22.9. The van der Waals surface area contributed by atoms with E-state index >= 15 is 0 Å². The summed E-state index contributed by atoms with van der Waals surface area (Å²) >= 11 is 1.32. The van der Waals surface area contributed by atoms with E-state index in [1.807, 2.05) is 11.8 Å². The van der Waals surface area contributed by atoms with Crippen molar-refractivity contribution in [3.8, 4) is 10.7 Å². The molecule has 1 saturated heterocycles. The Hall–Kier alpha value is -2.72. The fourth-order valence-electron chi connectivity index (χ4n) is 3.89. The molecule has 1 aliphatic heterocycles. The molecular formula is C22H27N5O3S2.